The molecule has 132 valence electrons. The first kappa shape index (κ1) is 21.9. The van der Waals surface area contributed by atoms with Gasteiger partial charge in [-0.15, -0.1) is 0 Å². The van der Waals surface area contributed by atoms with Crippen LogP contribution in [-0.2, 0) is 9.53 Å². The highest BCUT2D eigenvalue weighted by atomic mass is 79.9. The first-order chi connectivity index (χ1) is 10.7. The van der Waals surface area contributed by atoms with Crippen LogP contribution in [0.5, 0.6) is 0 Å². The van der Waals surface area contributed by atoms with E-state index in [0.29, 0.717) is 13.0 Å². The van der Waals surface area contributed by atoms with E-state index in [2.05, 4.69) is 29.8 Å². The van der Waals surface area contributed by atoms with Crippen LogP contribution < -0.4 is 0 Å². The Hall–Kier alpha value is -0.0500. The molecule has 0 heterocycles. The van der Waals surface area contributed by atoms with Gasteiger partial charge in [-0.25, -0.2) is 0 Å². The third-order valence-electron chi connectivity index (χ3n) is 3.95. The van der Waals surface area contributed by atoms with Crippen molar-refractivity contribution in [1.29, 1.82) is 0 Å². The molecule has 0 spiro atoms. The van der Waals surface area contributed by atoms with Gasteiger partial charge in [0.1, 0.15) is 0 Å². The molecule has 0 amide bonds. The van der Waals surface area contributed by atoms with E-state index in [0.717, 1.165) is 36.9 Å². The average molecular weight is 377 g/mol. The van der Waals surface area contributed by atoms with E-state index in [1.165, 1.54) is 51.4 Å². The van der Waals surface area contributed by atoms with Gasteiger partial charge >= 0.3 is 5.97 Å². The van der Waals surface area contributed by atoms with Gasteiger partial charge in [0.05, 0.1) is 6.61 Å². The Labute approximate surface area is 146 Å². The molecule has 0 unspecified atom stereocenters. The summed E-state index contributed by atoms with van der Waals surface area (Å²) in [4.78, 5) is 11.5. The second-order valence-electron chi connectivity index (χ2n) is 6.73. The van der Waals surface area contributed by atoms with Gasteiger partial charge < -0.3 is 4.74 Å². The topological polar surface area (TPSA) is 26.3 Å². The van der Waals surface area contributed by atoms with Crippen LogP contribution in [0.1, 0.15) is 97.3 Å². The van der Waals surface area contributed by atoms with E-state index in [9.17, 15) is 4.79 Å². The number of carbonyl (C=O) groups is 1. The van der Waals surface area contributed by atoms with Gasteiger partial charge in [0, 0.05) is 11.8 Å². The molecule has 0 bridgehead atoms. The van der Waals surface area contributed by atoms with E-state index < -0.39 is 0 Å². The van der Waals surface area contributed by atoms with Crippen molar-refractivity contribution in [3.05, 3.63) is 0 Å². The number of halogens is 1. The quantitative estimate of drug-likeness (QED) is 0.171. The van der Waals surface area contributed by atoms with Crippen molar-refractivity contribution in [3.63, 3.8) is 0 Å². The Morgan fingerprint density at radius 3 is 1.95 bits per heavy atom. The monoisotopic (exact) mass is 376 g/mol. The summed E-state index contributed by atoms with van der Waals surface area (Å²) in [5.41, 5.74) is 0. The third-order valence-corrected chi connectivity index (χ3v) is 4.51. The SMILES string of the molecule is CC(C)CCCCCCCCCCOC(=O)CCCCCBr. The number of ether oxygens (including phenoxy) is 1. The largest absolute Gasteiger partial charge is 0.466 e. The lowest BCUT2D eigenvalue weighted by Gasteiger charge is -2.06. The Kier molecular flexibility index (Phi) is 17.3. The Bertz CT molecular complexity index is 242. The first-order valence-electron chi connectivity index (χ1n) is 9.38. The van der Waals surface area contributed by atoms with Crippen LogP contribution in [0, 0.1) is 5.92 Å². The van der Waals surface area contributed by atoms with Crippen LogP contribution in [0.4, 0.5) is 0 Å². The lowest BCUT2D eigenvalue weighted by atomic mass is 10.0. The first-order valence-corrected chi connectivity index (χ1v) is 10.5. The molecule has 0 fully saturated rings. The molecular formula is C19H37BrO2. The van der Waals surface area contributed by atoms with Gasteiger partial charge in [0.25, 0.3) is 0 Å². The normalized spacial score (nSPS) is 11.1. The number of unbranched alkanes of at least 4 members (excludes halogenated alkanes) is 9. The lowest BCUT2D eigenvalue weighted by molar-refractivity contribution is -0.143. The molecule has 3 heteroatoms. The van der Waals surface area contributed by atoms with Crippen molar-refractivity contribution in [3.8, 4) is 0 Å². The maximum Gasteiger partial charge on any atom is 0.305 e. The molecule has 2 nitrogen and oxygen atoms in total. The average Bonchev–Trinajstić information content (AvgIpc) is 2.49. The van der Waals surface area contributed by atoms with Crippen molar-refractivity contribution in [2.45, 2.75) is 97.3 Å². The molecule has 0 rings (SSSR count). The number of carbonyl (C=O) groups excluding carboxylic acids is 1. The molecule has 0 N–H and O–H groups in total. The summed E-state index contributed by atoms with van der Waals surface area (Å²) in [6, 6.07) is 0. The van der Waals surface area contributed by atoms with Crippen LogP contribution in [0.2, 0.25) is 0 Å². The third kappa shape index (κ3) is 18.0. The summed E-state index contributed by atoms with van der Waals surface area (Å²) in [5, 5.41) is 1.03. The second kappa shape index (κ2) is 17.3. The van der Waals surface area contributed by atoms with Crippen molar-refractivity contribution >= 4 is 21.9 Å². The predicted molar refractivity (Wildman–Crippen MR) is 99.6 cm³/mol. The fourth-order valence-electron chi connectivity index (χ4n) is 2.51. The smallest absolute Gasteiger partial charge is 0.305 e. The number of alkyl halides is 1. The van der Waals surface area contributed by atoms with Crippen molar-refractivity contribution in [1.82, 2.24) is 0 Å². The molecule has 22 heavy (non-hydrogen) atoms. The fourth-order valence-corrected chi connectivity index (χ4v) is 2.91. The Morgan fingerprint density at radius 1 is 0.818 bits per heavy atom. The highest BCUT2D eigenvalue weighted by Gasteiger charge is 2.02. The fraction of sp³-hybridized carbons (Fsp3) is 0.947. The van der Waals surface area contributed by atoms with E-state index in [-0.39, 0.29) is 5.97 Å². The Morgan fingerprint density at radius 2 is 1.36 bits per heavy atom. The Balaban J connectivity index is 3.12. The molecular weight excluding hydrogens is 340 g/mol. The van der Waals surface area contributed by atoms with Gasteiger partial charge in [-0.1, -0.05) is 87.6 Å². The molecule has 0 saturated heterocycles. The molecule has 0 atom stereocenters. The minimum Gasteiger partial charge on any atom is -0.466 e. The molecule has 0 aromatic rings. The zero-order chi connectivity index (χ0) is 16.5. The van der Waals surface area contributed by atoms with E-state index >= 15 is 0 Å². The zero-order valence-electron chi connectivity index (χ0n) is 14.9. The molecule has 0 saturated carbocycles. The van der Waals surface area contributed by atoms with Crippen LogP contribution in [-0.4, -0.2) is 17.9 Å². The number of rotatable bonds is 16. The molecule has 0 aromatic carbocycles. The van der Waals surface area contributed by atoms with Crippen LogP contribution >= 0.6 is 15.9 Å². The van der Waals surface area contributed by atoms with Crippen molar-refractivity contribution in [2.24, 2.45) is 5.92 Å². The van der Waals surface area contributed by atoms with Crippen molar-refractivity contribution < 1.29 is 9.53 Å². The van der Waals surface area contributed by atoms with Gasteiger partial charge in [-0.3, -0.25) is 4.79 Å². The van der Waals surface area contributed by atoms with E-state index in [1.807, 2.05) is 0 Å². The maximum atomic E-state index is 11.5. The zero-order valence-corrected chi connectivity index (χ0v) is 16.5. The molecule has 0 radical (unpaired) electrons. The van der Waals surface area contributed by atoms with Crippen LogP contribution in [0.25, 0.3) is 0 Å². The summed E-state index contributed by atoms with van der Waals surface area (Å²) >= 11 is 3.40. The van der Waals surface area contributed by atoms with E-state index in [1.54, 1.807) is 0 Å². The number of hydrogen-bond donors (Lipinski definition) is 0. The number of hydrogen-bond acceptors (Lipinski definition) is 2. The molecule has 0 aliphatic heterocycles. The van der Waals surface area contributed by atoms with Gasteiger partial charge in [-0.05, 0) is 25.2 Å². The minimum absolute atomic E-state index is 0.0141. The highest BCUT2D eigenvalue weighted by molar-refractivity contribution is 9.09. The maximum absolute atomic E-state index is 11.5. The molecule has 0 aliphatic rings. The standard InChI is InChI=1S/C19H37BrO2/c1-18(2)14-10-7-5-3-4-6-8-13-17-22-19(21)15-11-9-12-16-20/h18H,3-17H2,1-2H3. The highest BCUT2D eigenvalue weighted by Crippen LogP contribution is 2.12. The van der Waals surface area contributed by atoms with Crippen LogP contribution in [0.15, 0.2) is 0 Å². The summed E-state index contributed by atoms with van der Waals surface area (Å²) < 4.78 is 5.25. The predicted octanol–water partition coefficient (Wildman–Crippen LogP) is 6.65. The van der Waals surface area contributed by atoms with Crippen molar-refractivity contribution in [2.75, 3.05) is 11.9 Å². The van der Waals surface area contributed by atoms with Gasteiger partial charge in [0.15, 0.2) is 0 Å². The summed E-state index contributed by atoms with van der Waals surface area (Å²) in [6.07, 6.45) is 15.6. The summed E-state index contributed by atoms with van der Waals surface area (Å²) in [7, 11) is 0. The summed E-state index contributed by atoms with van der Waals surface area (Å²) in [6.45, 7) is 5.22. The van der Waals surface area contributed by atoms with E-state index in [4.69, 9.17) is 4.74 Å². The lowest BCUT2D eigenvalue weighted by Crippen LogP contribution is -2.05. The molecule has 0 aliphatic carbocycles. The van der Waals surface area contributed by atoms with Crippen LogP contribution in [0.3, 0.4) is 0 Å². The number of esters is 1. The minimum atomic E-state index is -0.0141. The van der Waals surface area contributed by atoms with Gasteiger partial charge in [0.2, 0.25) is 0 Å². The summed E-state index contributed by atoms with van der Waals surface area (Å²) in [5.74, 6) is 0.840. The molecule has 0 aromatic heterocycles. The second-order valence-corrected chi connectivity index (χ2v) is 7.52. The van der Waals surface area contributed by atoms with Gasteiger partial charge in [-0.2, -0.15) is 0 Å².